The molecule has 0 unspecified atom stereocenters. The minimum Gasteiger partial charge on any atom is -0.273 e. The van der Waals surface area contributed by atoms with Gasteiger partial charge in [-0.05, 0) is 23.6 Å². The van der Waals surface area contributed by atoms with Gasteiger partial charge >= 0.3 is 0 Å². The number of thiophene rings is 1. The van der Waals surface area contributed by atoms with E-state index in [-0.39, 0.29) is 12.3 Å². The summed E-state index contributed by atoms with van der Waals surface area (Å²) < 4.78 is 0. The van der Waals surface area contributed by atoms with Gasteiger partial charge in [0.2, 0.25) is 5.91 Å². The Morgan fingerprint density at radius 3 is 2.25 bits per heavy atom. The summed E-state index contributed by atoms with van der Waals surface area (Å²) in [6.45, 7) is 0. The molecule has 2 heterocycles. The Balaban J connectivity index is 1.75. The summed E-state index contributed by atoms with van der Waals surface area (Å²) in [4.78, 5) is 36.8. The van der Waals surface area contributed by atoms with E-state index >= 15 is 0 Å². The van der Waals surface area contributed by atoms with E-state index < -0.39 is 11.8 Å². The Morgan fingerprint density at radius 1 is 1.05 bits per heavy atom. The molecule has 1 aliphatic heterocycles. The highest BCUT2D eigenvalue weighted by molar-refractivity contribution is 7.10. The quantitative estimate of drug-likeness (QED) is 0.872. The molecule has 0 spiro atoms. The predicted molar refractivity (Wildman–Crippen MR) is 73.1 cm³/mol. The summed E-state index contributed by atoms with van der Waals surface area (Å²) in [5.74, 6) is -1.38. The number of hydrogen-bond acceptors (Lipinski definition) is 4. The van der Waals surface area contributed by atoms with Crippen molar-refractivity contribution in [1.82, 2.24) is 10.4 Å². The fourth-order valence-electron chi connectivity index (χ4n) is 2.03. The molecule has 0 saturated carbocycles. The van der Waals surface area contributed by atoms with Crippen molar-refractivity contribution in [3.63, 3.8) is 0 Å². The molecule has 2 aromatic rings. The van der Waals surface area contributed by atoms with E-state index in [0.29, 0.717) is 11.1 Å². The summed E-state index contributed by atoms with van der Waals surface area (Å²) in [6.07, 6.45) is 0.144. The first kappa shape index (κ1) is 12.6. The summed E-state index contributed by atoms with van der Waals surface area (Å²) in [6, 6.07) is 10.2. The molecule has 20 heavy (non-hydrogen) atoms. The Labute approximate surface area is 118 Å². The van der Waals surface area contributed by atoms with E-state index in [0.717, 1.165) is 9.89 Å². The lowest BCUT2D eigenvalue weighted by Crippen LogP contribution is -2.46. The molecule has 0 bridgehead atoms. The van der Waals surface area contributed by atoms with Crippen molar-refractivity contribution in [2.75, 3.05) is 0 Å². The topological polar surface area (TPSA) is 66.5 Å². The van der Waals surface area contributed by atoms with E-state index in [1.165, 1.54) is 11.3 Å². The van der Waals surface area contributed by atoms with Crippen LogP contribution in [0, 0.1) is 0 Å². The van der Waals surface area contributed by atoms with Crippen molar-refractivity contribution >= 4 is 29.1 Å². The van der Waals surface area contributed by atoms with Crippen molar-refractivity contribution < 1.29 is 14.4 Å². The third-order valence-corrected chi connectivity index (χ3v) is 3.82. The second-order valence-corrected chi connectivity index (χ2v) is 5.31. The lowest BCUT2D eigenvalue weighted by Gasteiger charge is -2.14. The second kappa shape index (κ2) is 4.90. The Kier molecular flexibility index (Phi) is 3.08. The summed E-state index contributed by atoms with van der Waals surface area (Å²) in [5.41, 5.74) is 2.99. The summed E-state index contributed by atoms with van der Waals surface area (Å²) in [7, 11) is 0. The molecule has 3 amide bonds. The average molecular weight is 286 g/mol. The van der Waals surface area contributed by atoms with Gasteiger partial charge in [-0.25, -0.2) is 0 Å². The van der Waals surface area contributed by atoms with Crippen molar-refractivity contribution in [2.24, 2.45) is 0 Å². The third-order valence-electron chi connectivity index (χ3n) is 2.95. The van der Waals surface area contributed by atoms with Crippen LogP contribution in [0.25, 0.3) is 0 Å². The number of fused-ring (bicyclic) bond motifs is 1. The molecule has 1 aromatic heterocycles. The molecule has 1 aromatic carbocycles. The standard InChI is InChI=1S/C14H10N2O3S/c17-12(8-9-4-3-7-20-9)15-16-13(18)10-5-1-2-6-11(10)14(16)19/h1-7H,8H2,(H,15,17). The van der Waals surface area contributed by atoms with Crippen molar-refractivity contribution in [3.05, 3.63) is 57.8 Å². The van der Waals surface area contributed by atoms with Crippen LogP contribution >= 0.6 is 11.3 Å². The molecule has 0 saturated heterocycles. The molecule has 6 heteroatoms. The number of carbonyl (C=O) groups is 3. The summed E-state index contributed by atoms with van der Waals surface area (Å²) in [5, 5.41) is 2.64. The molecule has 3 rings (SSSR count). The first-order chi connectivity index (χ1) is 9.66. The van der Waals surface area contributed by atoms with Crippen LogP contribution < -0.4 is 5.43 Å². The zero-order chi connectivity index (χ0) is 14.1. The molecular weight excluding hydrogens is 276 g/mol. The Morgan fingerprint density at radius 2 is 1.70 bits per heavy atom. The van der Waals surface area contributed by atoms with Gasteiger partial charge in [0.15, 0.2) is 0 Å². The number of imide groups is 1. The van der Waals surface area contributed by atoms with Crippen LogP contribution in [0.5, 0.6) is 0 Å². The van der Waals surface area contributed by atoms with Crippen LogP contribution in [0.15, 0.2) is 41.8 Å². The van der Waals surface area contributed by atoms with Crippen LogP contribution in [-0.4, -0.2) is 22.7 Å². The van der Waals surface area contributed by atoms with Gasteiger partial charge in [-0.15, -0.1) is 11.3 Å². The monoisotopic (exact) mass is 286 g/mol. The van der Waals surface area contributed by atoms with Gasteiger partial charge in [-0.3, -0.25) is 19.8 Å². The van der Waals surface area contributed by atoms with Gasteiger partial charge < -0.3 is 0 Å². The van der Waals surface area contributed by atoms with E-state index in [1.54, 1.807) is 24.3 Å². The van der Waals surface area contributed by atoms with Crippen molar-refractivity contribution in [1.29, 1.82) is 0 Å². The molecule has 0 aliphatic carbocycles. The van der Waals surface area contributed by atoms with Gasteiger partial charge in [0, 0.05) is 4.88 Å². The maximum Gasteiger partial charge on any atom is 0.280 e. The summed E-state index contributed by atoms with van der Waals surface area (Å²) >= 11 is 1.45. The second-order valence-electron chi connectivity index (χ2n) is 4.28. The number of hydrazine groups is 1. The fraction of sp³-hybridized carbons (Fsp3) is 0.0714. The largest absolute Gasteiger partial charge is 0.280 e. The number of benzene rings is 1. The number of hydrogen-bond donors (Lipinski definition) is 1. The molecule has 0 fully saturated rings. The molecule has 5 nitrogen and oxygen atoms in total. The molecule has 1 N–H and O–H groups in total. The Hall–Kier alpha value is -2.47. The van der Waals surface area contributed by atoms with Crippen molar-refractivity contribution in [3.8, 4) is 0 Å². The number of rotatable bonds is 3. The zero-order valence-corrected chi connectivity index (χ0v) is 11.1. The van der Waals surface area contributed by atoms with Gasteiger partial charge in [0.05, 0.1) is 17.5 Å². The molecule has 100 valence electrons. The van der Waals surface area contributed by atoms with E-state index in [1.807, 2.05) is 17.5 Å². The molecular formula is C14H10N2O3S. The smallest absolute Gasteiger partial charge is 0.273 e. The SMILES string of the molecule is O=C(Cc1cccs1)NN1C(=O)c2ccccc2C1=O. The van der Waals surface area contributed by atoms with Crippen LogP contribution in [0.1, 0.15) is 25.6 Å². The maximum atomic E-state index is 12.0. The van der Waals surface area contributed by atoms with Gasteiger partial charge in [-0.2, -0.15) is 5.01 Å². The number of amides is 3. The highest BCUT2D eigenvalue weighted by Crippen LogP contribution is 2.20. The van der Waals surface area contributed by atoms with Crippen LogP contribution in [-0.2, 0) is 11.2 Å². The number of carbonyl (C=O) groups excluding carboxylic acids is 3. The highest BCUT2D eigenvalue weighted by atomic mass is 32.1. The molecule has 1 aliphatic rings. The first-order valence-corrected chi connectivity index (χ1v) is 6.84. The van der Waals surface area contributed by atoms with E-state index in [2.05, 4.69) is 5.43 Å². The predicted octanol–water partition coefficient (Wildman–Crippen LogP) is 1.62. The normalized spacial score (nSPS) is 13.5. The van der Waals surface area contributed by atoms with Crippen molar-refractivity contribution in [2.45, 2.75) is 6.42 Å². The fourth-order valence-corrected chi connectivity index (χ4v) is 2.73. The number of nitrogens with zero attached hydrogens (tertiary/aromatic N) is 1. The highest BCUT2D eigenvalue weighted by Gasteiger charge is 2.36. The molecule has 0 radical (unpaired) electrons. The average Bonchev–Trinajstić information content (AvgIpc) is 3.03. The Bertz CT molecular complexity index is 659. The van der Waals surface area contributed by atoms with E-state index in [9.17, 15) is 14.4 Å². The lowest BCUT2D eigenvalue weighted by molar-refractivity contribution is -0.123. The van der Waals surface area contributed by atoms with Crippen LogP contribution in [0.2, 0.25) is 0 Å². The lowest BCUT2D eigenvalue weighted by atomic mass is 10.1. The van der Waals surface area contributed by atoms with Crippen LogP contribution in [0.3, 0.4) is 0 Å². The molecule has 0 atom stereocenters. The minimum atomic E-state index is -0.495. The minimum absolute atomic E-state index is 0.144. The first-order valence-electron chi connectivity index (χ1n) is 5.96. The van der Waals surface area contributed by atoms with Crippen LogP contribution in [0.4, 0.5) is 0 Å². The zero-order valence-electron chi connectivity index (χ0n) is 10.3. The maximum absolute atomic E-state index is 12.0. The van der Waals surface area contributed by atoms with Gasteiger partial charge in [0.1, 0.15) is 0 Å². The third kappa shape index (κ3) is 2.10. The van der Waals surface area contributed by atoms with Gasteiger partial charge in [-0.1, -0.05) is 18.2 Å². The van der Waals surface area contributed by atoms with E-state index in [4.69, 9.17) is 0 Å². The van der Waals surface area contributed by atoms with Gasteiger partial charge in [0.25, 0.3) is 11.8 Å². The number of nitrogens with one attached hydrogen (secondary N) is 1.